The third kappa shape index (κ3) is 5.57. The lowest BCUT2D eigenvalue weighted by Crippen LogP contribution is -2.43. The van der Waals surface area contributed by atoms with Crippen molar-refractivity contribution in [3.05, 3.63) is 42.6 Å². The second-order valence-electron chi connectivity index (χ2n) is 10.1. The molecule has 3 aromatic rings. The van der Waals surface area contributed by atoms with Crippen LogP contribution in [-0.2, 0) is 19.7 Å². The second-order valence-corrected chi connectivity index (χ2v) is 14.4. The van der Waals surface area contributed by atoms with E-state index in [0.717, 1.165) is 13.0 Å². The third-order valence-electron chi connectivity index (χ3n) is 7.86. The van der Waals surface area contributed by atoms with Crippen LogP contribution in [0.1, 0.15) is 19.3 Å². The molecule has 5 rings (SSSR count). The molecule has 10 nitrogen and oxygen atoms in total. The van der Waals surface area contributed by atoms with Gasteiger partial charge in [-0.15, -0.1) is 0 Å². The zero-order chi connectivity index (χ0) is 28.5. The molecule has 2 aromatic carbocycles. The van der Waals surface area contributed by atoms with Crippen molar-refractivity contribution in [1.29, 1.82) is 0 Å². The van der Waals surface area contributed by atoms with E-state index in [9.17, 15) is 16.8 Å². The van der Waals surface area contributed by atoms with Gasteiger partial charge in [0.2, 0.25) is 9.84 Å². The Kier molecular flexibility index (Phi) is 8.12. The van der Waals surface area contributed by atoms with Gasteiger partial charge in [0.05, 0.1) is 48.9 Å². The summed E-state index contributed by atoms with van der Waals surface area (Å²) < 4.78 is 68.3. The maximum Gasteiger partial charge on any atom is 0.210 e. The van der Waals surface area contributed by atoms with Crippen LogP contribution in [0.5, 0.6) is 17.2 Å². The van der Waals surface area contributed by atoms with Crippen molar-refractivity contribution in [1.82, 2.24) is 9.88 Å². The van der Waals surface area contributed by atoms with Crippen LogP contribution in [0, 0.1) is 0 Å². The largest absolute Gasteiger partial charge is 0.497 e. The molecular weight excluding hydrogens is 554 g/mol. The number of aromatic nitrogens is 1. The zero-order valence-electron chi connectivity index (χ0n) is 23.0. The van der Waals surface area contributed by atoms with Crippen molar-refractivity contribution in [2.24, 2.45) is 0 Å². The highest BCUT2D eigenvalue weighted by atomic mass is 32.2. The quantitative estimate of drug-likeness (QED) is 0.407. The molecule has 40 heavy (non-hydrogen) atoms. The van der Waals surface area contributed by atoms with E-state index in [1.54, 1.807) is 38.5 Å². The van der Waals surface area contributed by atoms with E-state index in [0.29, 0.717) is 66.3 Å². The van der Waals surface area contributed by atoms with Crippen LogP contribution >= 0.6 is 0 Å². The first-order chi connectivity index (χ1) is 19.2. The number of anilines is 1. The second kappa shape index (κ2) is 11.4. The molecule has 0 atom stereocenters. The molecule has 0 radical (unpaired) electrons. The molecule has 0 spiro atoms. The highest BCUT2D eigenvalue weighted by molar-refractivity contribution is 7.91. The Bertz CT molecular complexity index is 1580. The highest BCUT2D eigenvalue weighted by Crippen LogP contribution is 2.41. The van der Waals surface area contributed by atoms with Gasteiger partial charge >= 0.3 is 0 Å². The van der Waals surface area contributed by atoms with Crippen LogP contribution in [0.15, 0.2) is 52.4 Å². The predicted molar refractivity (Wildman–Crippen MR) is 153 cm³/mol. The molecule has 12 heteroatoms. The van der Waals surface area contributed by atoms with Gasteiger partial charge in [0.1, 0.15) is 20.5 Å². The van der Waals surface area contributed by atoms with Crippen LogP contribution in [0.2, 0.25) is 0 Å². The average Bonchev–Trinajstić information content (AvgIpc) is 3.22. The van der Waals surface area contributed by atoms with E-state index in [-0.39, 0.29) is 27.3 Å². The van der Waals surface area contributed by atoms with Gasteiger partial charge < -0.3 is 19.1 Å². The van der Waals surface area contributed by atoms with E-state index in [2.05, 4.69) is 14.8 Å². The monoisotopic (exact) mass is 589 g/mol. The number of benzene rings is 2. The number of hydrogen-bond donors (Lipinski definition) is 0. The smallest absolute Gasteiger partial charge is 0.210 e. The van der Waals surface area contributed by atoms with Crippen molar-refractivity contribution in [2.75, 3.05) is 63.9 Å². The minimum atomic E-state index is -3.94. The standard InChI is InChI=1S/C28H35N3O7S2/c1-36-21-5-7-22(8-6-21)40(34,35)27-19-29-24-18-26(38-3)25(37-2)17-23(24)28(27)31-12-4-11-30(13-14-31)20-9-15-39(32,33)16-10-20/h5-8,17-20H,4,9-16H2,1-3H3. The summed E-state index contributed by atoms with van der Waals surface area (Å²) in [6.07, 6.45) is 3.50. The lowest BCUT2D eigenvalue weighted by atomic mass is 10.1. The van der Waals surface area contributed by atoms with Crippen LogP contribution in [0.3, 0.4) is 0 Å². The molecule has 0 saturated carbocycles. The molecule has 2 aliphatic rings. The van der Waals surface area contributed by atoms with Gasteiger partial charge in [0.25, 0.3) is 0 Å². The molecule has 2 saturated heterocycles. The normalized spacial score (nSPS) is 18.8. The molecule has 0 unspecified atom stereocenters. The number of hydrogen-bond acceptors (Lipinski definition) is 10. The summed E-state index contributed by atoms with van der Waals surface area (Å²) in [4.78, 5) is 9.28. The topological polar surface area (TPSA) is 115 Å². The van der Waals surface area contributed by atoms with Gasteiger partial charge in [-0.25, -0.2) is 16.8 Å². The van der Waals surface area contributed by atoms with E-state index >= 15 is 0 Å². The minimum absolute atomic E-state index is 0.120. The summed E-state index contributed by atoms with van der Waals surface area (Å²) in [6, 6.07) is 10.1. The Morgan fingerprint density at radius 2 is 1.55 bits per heavy atom. The molecule has 2 fully saturated rings. The fraction of sp³-hybridized carbons (Fsp3) is 0.464. The van der Waals surface area contributed by atoms with Gasteiger partial charge in [0.15, 0.2) is 11.5 Å². The van der Waals surface area contributed by atoms with Gasteiger partial charge in [-0.3, -0.25) is 9.88 Å². The first-order valence-corrected chi connectivity index (χ1v) is 16.6. The van der Waals surface area contributed by atoms with Gasteiger partial charge in [-0.05, 0) is 49.6 Å². The molecule has 0 amide bonds. The van der Waals surface area contributed by atoms with E-state index in [1.165, 1.54) is 25.4 Å². The van der Waals surface area contributed by atoms with Crippen molar-refractivity contribution >= 4 is 36.3 Å². The minimum Gasteiger partial charge on any atom is -0.497 e. The average molecular weight is 590 g/mol. The number of ether oxygens (including phenoxy) is 3. The number of fused-ring (bicyclic) bond motifs is 1. The molecular formula is C28H35N3O7S2. The van der Waals surface area contributed by atoms with Crippen LogP contribution in [0.25, 0.3) is 10.9 Å². The van der Waals surface area contributed by atoms with Crippen LogP contribution < -0.4 is 19.1 Å². The number of nitrogens with zero attached hydrogens (tertiary/aromatic N) is 3. The number of pyridine rings is 1. The fourth-order valence-electron chi connectivity index (χ4n) is 5.66. The summed E-state index contributed by atoms with van der Waals surface area (Å²) in [7, 11) is -2.26. The van der Waals surface area contributed by atoms with Crippen molar-refractivity contribution < 1.29 is 31.0 Å². The van der Waals surface area contributed by atoms with E-state index in [1.807, 2.05) is 0 Å². The molecule has 2 aliphatic heterocycles. The molecule has 3 heterocycles. The first-order valence-electron chi connectivity index (χ1n) is 13.3. The molecule has 0 N–H and O–H groups in total. The van der Waals surface area contributed by atoms with Gasteiger partial charge in [-0.2, -0.15) is 0 Å². The molecule has 0 aliphatic carbocycles. The number of sulfone groups is 2. The predicted octanol–water partition coefficient (Wildman–Crippen LogP) is 3.18. The number of rotatable bonds is 7. The fourth-order valence-corrected chi connectivity index (χ4v) is 8.56. The summed E-state index contributed by atoms with van der Waals surface area (Å²) in [6.45, 7) is 2.74. The van der Waals surface area contributed by atoms with Crippen LogP contribution in [-0.4, -0.2) is 91.8 Å². The van der Waals surface area contributed by atoms with Crippen molar-refractivity contribution in [3.63, 3.8) is 0 Å². The third-order valence-corrected chi connectivity index (χ3v) is 11.3. The Labute approximate surface area is 235 Å². The summed E-state index contributed by atoms with van der Waals surface area (Å²) in [5.74, 6) is 2.00. The van der Waals surface area contributed by atoms with Gasteiger partial charge in [-0.1, -0.05) is 0 Å². The molecule has 0 bridgehead atoms. The van der Waals surface area contributed by atoms with E-state index in [4.69, 9.17) is 14.2 Å². The highest BCUT2D eigenvalue weighted by Gasteiger charge is 2.32. The molecule has 216 valence electrons. The maximum absolute atomic E-state index is 14.0. The Morgan fingerprint density at radius 1 is 0.875 bits per heavy atom. The van der Waals surface area contributed by atoms with E-state index < -0.39 is 19.7 Å². The Hall–Kier alpha value is -3.09. The van der Waals surface area contributed by atoms with Crippen molar-refractivity contribution in [3.8, 4) is 17.2 Å². The summed E-state index contributed by atoms with van der Waals surface area (Å²) in [5, 5.41) is 0.657. The molecule has 1 aromatic heterocycles. The maximum atomic E-state index is 14.0. The summed E-state index contributed by atoms with van der Waals surface area (Å²) in [5.41, 5.74) is 1.18. The van der Waals surface area contributed by atoms with Gasteiger partial charge in [0, 0.05) is 49.9 Å². The Morgan fingerprint density at radius 3 is 2.20 bits per heavy atom. The lowest BCUT2D eigenvalue weighted by Gasteiger charge is -2.33. The first kappa shape index (κ1) is 28.4. The lowest BCUT2D eigenvalue weighted by molar-refractivity contribution is 0.196. The zero-order valence-corrected chi connectivity index (χ0v) is 24.6. The van der Waals surface area contributed by atoms with Crippen LogP contribution in [0.4, 0.5) is 5.69 Å². The summed E-state index contributed by atoms with van der Waals surface area (Å²) >= 11 is 0. The SMILES string of the molecule is COc1ccc(S(=O)(=O)c2cnc3cc(OC)c(OC)cc3c2N2CCCN(C3CCS(=O)(=O)CC3)CC2)cc1. The Balaban J connectivity index is 1.58. The number of methoxy groups -OCH3 is 3. The van der Waals surface area contributed by atoms with Crippen molar-refractivity contribution in [2.45, 2.75) is 35.1 Å².